The first-order valence-electron chi connectivity index (χ1n) is 8.50. The zero-order chi connectivity index (χ0) is 13.8. The normalized spacial score (nSPS) is 37.0. The molecule has 0 amide bonds. The molecule has 5 rings (SSSR count). The van der Waals surface area contributed by atoms with Gasteiger partial charge in [-0.1, -0.05) is 12.5 Å². The molecular formula is C19H22N2. The van der Waals surface area contributed by atoms with Crippen molar-refractivity contribution in [3.8, 4) is 0 Å². The van der Waals surface area contributed by atoms with E-state index in [9.17, 15) is 0 Å². The largest absolute Gasteiger partial charge is 0.382 e. The fraction of sp³-hybridized carbons (Fsp3) is 0.526. The Morgan fingerprint density at radius 1 is 1.00 bits per heavy atom. The number of rotatable bonds is 2. The Labute approximate surface area is 126 Å². The van der Waals surface area contributed by atoms with Gasteiger partial charge in [-0.2, -0.15) is 0 Å². The first kappa shape index (κ1) is 12.0. The number of hydrogen-bond acceptors (Lipinski definition) is 2. The van der Waals surface area contributed by atoms with Crippen LogP contribution in [0.5, 0.6) is 0 Å². The first-order valence-corrected chi connectivity index (χ1v) is 8.50. The van der Waals surface area contributed by atoms with Gasteiger partial charge in [-0.15, -0.1) is 0 Å². The summed E-state index contributed by atoms with van der Waals surface area (Å²) in [5.41, 5.74) is 2.37. The number of benzene rings is 1. The van der Waals surface area contributed by atoms with Crippen molar-refractivity contribution in [1.29, 1.82) is 0 Å². The SMILES string of the molecule is c1cnc2ccc(NC3CC4CC3C3CCCC43)cc2c1. The summed E-state index contributed by atoms with van der Waals surface area (Å²) in [6, 6.07) is 11.5. The molecule has 1 aromatic heterocycles. The smallest absolute Gasteiger partial charge is 0.0703 e. The Morgan fingerprint density at radius 3 is 2.95 bits per heavy atom. The molecule has 2 aromatic rings. The van der Waals surface area contributed by atoms with Crippen LogP contribution < -0.4 is 5.32 Å². The average molecular weight is 278 g/mol. The topological polar surface area (TPSA) is 24.9 Å². The number of hydrogen-bond donors (Lipinski definition) is 1. The molecule has 3 aliphatic carbocycles. The van der Waals surface area contributed by atoms with E-state index in [1.807, 2.05) is 12.3 Å². The van der Waals surface area contributed by atoms with Gasteiger partial charge < -0.3 is 5.32 Å². The lowest BCUT2D eigenvalue weighted by Gasteiger charge is -2.32. The lowest BCUT2D eigenvalue weighted by molar-refractivity contribution is 0.243. The maximum atomic E-state index is 4.41. The highest BCUT2D eigenvalue weighted by molar-refractivity contribution is 5.82. The van der Waals surface area contributed by atoms with Crippen molar-refractivity contribution >= 4 is 16.6 Å². The molecule has 0 spiro atoms. The molecule has 2 bridgehead atoms. The van der Waals surface area contributed by atoms with E-state index in [0.717, 1.165) is 29.2 Å². The fourth-order valence-corrected chi connectivity index (χ4v) is 5.61. The quantitative estimate of drug-likeness (QED) is 0.876. The molecule has 21 heavy (non-hydrogen) atoms. The van der Waals surface area contributed by atoms with Crippen molar-refractivity contribution in [3.63, 3.8) is 0 Å². The van der Waals surface area contributed by atoms with E-state index in [-0.39, 0.29) is 0 Å². The summed E-state index contributed by atoms with van der Waals surface area (Å²) in [5.74, 6) is 4.06. The van der Waals surface area contributed by atoms with Crippen LogP contribution in [0, 0.1) is 23.7 Å². The third-order valence-electron chi connectivity index (χ3n) is 6.38. The maximum Gasteiger partial charge on any atom is 0.0703 e. The fourth-order valence-electron chi connectivity index (χ4n) is 5.61. The van der Waals surface area contributed by atoms with E-state index < -0.39 is 0 Å². The number of nitrogens with one attached hydrogen (secondary N) is 1. The van der Waals surface area contributed by atoms with Crippen LogP contribution >= 0.6 is 0 Å². The van der Waals surface area contributed by atoms with Gasteiger partial charge in [-0.3, -0.25) is 4.98 Å². The monoisotopic (exact) mass is 278 g/mol. The minimum atomic E-state index is 0.712. The van der Waals surface area contributed by atoms with Gasteiger partial charge in [-0.05, 0) is 73.6 Å². The molecule has 2 heteroatoms. The molecule has 2 nitrogen and oxygen atoms in total. The van der Waals surface area contributed by atoms with Gasteiger partial charge >= 0.3 is 0 Å². The van der Waals surface area contributed by atoms with Crippen LogP contribution in [0.15, 0.2) is 36.5 Å². The number of pyridine rings is 1. The maximum absolute atomic E-state index is 4.41. The molecule has 1 heterocycles. The van der Waals surface area contributed by atoms with Crippen molar-refractivity contribution in [2.45, 2.75) is 38.1 Å². The Kier molecular flexibility index (Phi) is 2.55. The molecule has 108 valence electrons. The van der Waals surface area contributed by atoms with E-state index in [1.54, 1.807) is 0 Å². The average Bonchev–Trinajstić information content (AvgIpc) is 3.19. The third kappa shape index (κ3) is 1.81. The molecule has 3 saturated carbocycles. The van der Waals surface area contributed by atoms with Crippen LogP contribution in [-0.4, -0.2) is 11.0 Å². The zero-order valence-corrected chi connectivity index (χ0v) is 12.3. The molecule has 1 aromatic carbocycles. The number of fused-ring (bicyclic) bond motifs is 6. The molecule has 0 radical (unpaired) electrons. The molecule has 0 aliphatic heterocycles. The molecule has 5 unspecified atom stereocenters. The van der Waals surface area contributed by atoms with Crippen molar-refractivity contribution < 1.29 is 0 Å². The summed E-state index contributed by atoms with van der Waals surface area (Å²) in [6.07, 6.45) is 9.24. The second-order valence-corrected chi connectivity index (χ2v) is 7.32. The first-order chi connectivity index (χ1) is 10.4. The Bertz CT molecular complexity index is 680. The van der Waals surface area contributed by atoms with E-state index in [4.69, 9.17) is 0 Å². The van der Waals surface area contributed by atoms with Gasteiger partial charge in [0, 0.05) is 23.3 Å². The van der Waals surface area contributed by atoms with E-state index in [2.05, 4.69) is 34.6 Å². The van der Waals surface area contributed by atoms with E-state index in [1.165, 1.54) is 43.2 Å². The number of anilines is 1. The summed E-state index contributed by atoms with van der Waals surface area (Å²) in [4.78, 5) is 4.41. The van der Waals surface area contributed by atoms with Crippen LogP contribution in [0.2, 0.25) is 0 Å². The van der Waals surface area contributed by atoms with E-state index in [0.29, 0.717) is 6.04 Å². The Hall–Kier alpha value is -1.57. The number of aromatic nitrogens is 1. The van der Waals surface area contributed by atoms with Crippen LogP contribution in [-0.2, 0) is 0 Å². The van der Waals surface area contributed by atoms with Crippen molar-refractivity contribution in [1.82, 2.24) is 4.98 Å². The lowest BCUT2D eigenvalue weighted by Crippen LogP contribution is -2.33. The molecule has 5 atom stereocenters. The molecule has 1 N–H and O–H groups in total. The zero-order valence-electron chi connectivity index (χ0n) is 12.3. The van der Waals surface area contributed by atoms with Gasteiger partial charge in [0.1, 0.15) is 0 Å². The minimum absolute atomic E-state index is 0.712. The lowest BCUT2D eigenvalue weighted by atomic mass is 9.79. The standard InChI is InChI=1S/C19H22N2/c1-4-15-13-10-17(16(15)5-1)19(11-13)21-14-6-7-18-12(9-14)3-2-8-20-18/h2-3,6-9,13,15-17,19,21H,1,4-5,10-11H2. The summed E-state index contributed by atoms with van der Waals surface area (Å²) in [7, 11) is 0. The summed E-state index contributed by atoms with van der Waals surface area (Å²) in [5, 5.41) is 5.09. The molecule has 3 fully saturated rings. The van der Waals surface area contributed by atoms with E-state index >= 15 is 0 Å². The van der Waals surface area contributed by atoms with Crippen molar-refractivity contribution in [2.75, 3.05) is 5.32 Å². The second-order valence-electron chi connectivity index (χ2n) is 7.32. The molecule has 3 aliphatic rings. The van der Waals surface area contributed by atoms with Crippen molar-refractivity contribution in [2.24, 2.45) is 23.7 Å². The summed E-state index contributed by atoms with van der Waals surface area (Å²) < 4.78 is 0. The minimum Gasteiger partial charge on any atom is -0.382 e. The Balaban J connectivity index is 1.40. The third-order valence-corrected chi connectivity index (χ3v) is 6.38. The van der Waals surface area contributed by atoms with Gasteiger partial charge in [0.2, 0.25) is 0 Å². The highest BCUT2D eigenvalue weighted by Crippen LogP contribution is 2.59. The van der Waals surface area contributed by atoms with Crippen molar-refractivity contribution in [3.05, 3.63) is 36.5 Å². The van der Waals surface area contributed by atoms with Crippen LogP contribution in [0.1, 0.15) is 32.1 Å². The molecular weight excluding hydrogens is 256 g/mol. The van der Waals surface area contributed by atoms with Gasteiger partial charge in [0.05, 0.1) is 5.52 Å². The van der Waals surface area contributed by atoms with Gasteiger partial charge in [-0.25, -0.2) is 0 Å². The van der Waals surface area contributed by atoms with Gasteiger partial charge in [0.25, 0.3) is 0 Å². The predicted molar refractivity (Wildman–Crippen MR) is 86.2 cm³/mol. The number of nitrogens with zero attached hydrogens (tertiary/aromatic N) is 1. The summed E-state index contributed by atoms with van der Waals surface area (Å²) >= 11 is 0. The second kappa shape index (κ2) is 4.46. The highest BCUT2D eigenvalue weighted by Gasteiger charge is 2.53. The van der Waals surface area contributed by atoms with Gasteiger partial charge in [0.15, 0.2) is 0 Å². The highest BCUT2D eigenvalue weighted by atomic mass is 15.0. The molecule has 0 saturated heterocycles. The predicted octanol–water partition coefficient (Wildman–Crippen LogP) is 4.47. The van der Waals surface area contributed by atoms with Crippen LogP contribution in [0.3, 0.4) is 0 Å². The van der Waals surface area contributed by atoms with Crippen LogP contribution in [0.25, 0.3) is 10.9 Å². The summed E-state index contributed by atoms with van der Waals surface area (Å²) in [6.45, 7) is 0. The Morgan fingerprint density at radius 2 is 1.95 bits per heavy atom. The van der Waals surface area contributed by atoms with Crippen LogP contribution in [0.4, 0.5) is 5.69 Å².